The first-order valence-electron chi connectivity index (χ1n) is 13.0. The van der Waals surface area contributed by atoms with E-state index in [9.17, 15) is 9.59 Å². The molecule has 1 saturated carbocycles. The molecule has 2 aliphatic rings. The molecule has 1 heterocycles. The van der Waals surface area contributed by atoms with Crippen molar-refractivity contribution in [2.45, 2.75) is 71.4 Å². The van der Waals surface area contributed by atoms with Crippen LogP contribution < -0.4 is 27.6 Å². The molecule has 4 rings (SSSR count). The maximum Gasteiger partial charge on any atom is 0.279 e. The molecule has 5 nitrogen and oxygen atoms in total. The zero-order chi connectivity index (χ0) is 24.0. The molecule has 2 fully saturated rings. The summed E-state index contributed by atoms with van der Waals surface area (Å²) in [6.45, 7) is 6.85. The first-order valence-corrected chi connectivity index (χ1v) is 13.0. The SMILES string of the molecule is Cc1cccc(C)c1NC(=O)C[N+]1(Cc2ccccc2)CCCC(C(=O)NC2CCCCC2)C1.[Br-]. The zero-order valence-electron chi connectivity index (χ0n) is 21.2. The molecule has 6 heteroatoms. The van der Waals surface area contributed by atoms with Crippen molar-refractivity contribution < 1.29 is 31.1 Å². The topological polar surface area (TPSA) is 58.2 Å². The number of amides is 2. The minimum absolute atomic E-state index is 0. The minimum Gasteiger partial charge on any atom is -1.00 e. The van der Waals surface area contributed by atoms with Crippen LogP contribution in [0.25, 0.3) is 0 Å². The van der Waals surface area contributed by atoms with Crippen molar-refractivity contribution >= 4 is 17.5 Å². The lowest BCUT2D eigenvalue weighted by molar-refractivity contribution is -0.940. The van der Waals surface area contributed by atoms with Crippen LogP contribution >= 0.6 is 0 Å². The lowest BCUT2D eigenvalue weighted by atomic mass is 9.91. The predicted molar refractivity (Wildman–Crippen MR) is 137 cm³/mol. The fraction of sp³-hybridized carbons (Fsp3) is 0.517. The quantitative estimate of drug-likeness (QED) is 0.527. The summed E-state index contributed by atoms with van der Waals surface area (Å²) in [5, 5.41) is 6.54. The molecule has 2 N–H and O–H groups in total. The molecule has 2 unspecified atom stereocenters. The largest absolute Gasteiger partial charge is 1.00 e. The number of anilines is 1. The van der Waals surface area contributed by atoms with E-state index in [2.05, 4.69) is 34.9 Å². The van der Waals surface area contributed by atoms with Gasteiger partial charge in [0, 0.05) is 17.3 Å². The number of benzene rings is 2. The number of halogens is 1. The average Bonchev–Trinajstić information content (AvgIpc) is 2.83. The lowest BCUT2D eigenvalue weighted by Crippen LogP contribution is -3.00. The van der Waals surface area contributed by atoms with Crippen molar-refractivity contribution in [2.24, 2.45) is 5.92 Å². The Hall–Kier alpha value is -2.18. The molecule has 0 spiro atoms. The van der Waals surface area contributed by atoms with Crippen molar-refractivity contribution in [1.82, 2.24) is 5.32 Å². The van der Waals surface area contributed by atoms with Gasteiger partial charge in [-0.2, -0.15) is 0 Å². The van der Waals surface area contributed by atoms with Gasteiger partial charge in [0.25, 0.3) is 5.91 Å². The first kappa shape index (κ1) is 27.4. The van der Waals surface area contributed by atoms with Gasteiger partial charge in [0.05, 0.1) is 19.0 Å². The monoisotopic (exact) mass is 541 g/mol. The molecule has 2 aromatic carbocycles. The number of para-hydroxylation sites is 1. The van der Waals surface area contributed by atoms with Gasteiger partial charge in [-0.1, -0.05) is 67.8 Å². The number of hydrogen-bond donors (Lipinski definition) is 2. The Morgan fingerprint density at radius 2 is 1.57 bits per heavy atom. The molecule has 1 aliphatic carbocycles. The minimum atomic E-state index is -0.0348. The predicted octanol–water partition coefficient (Wildman–Crippen LogP) is 2.12. The van der Waals surface area contributed by atoms with E-state index in [0.717, 1.165) is 55.6 Å². The van der Waals surface area contributed by atoms with Crippen LogP contribution in [-0.4, -0.2) is 42.0 Å². The molecule has 0 aromatic heterocycles. The Labute approximate surface area is 221 Å². The number of likely N-dealkylation sites (tertiary alicyclic amines) is 1. The third kappa shape index (κ3) is 7.40. The molecule has 2 aromatic rings. The van der Waals surface area contributed by atoms with Gasteiger partial charge >= 0.3 is 0 Å². The van der Waals surface area contributed by atoms with Gasteiger partial charge < -0.3 is 32.1 Å². The van der Waals surface area contributed by atoms with Crippen LogP contribution in [0.4, 0.5) is 5.69 Å². The molecular formula is C29H40BrN3O2. The molecule has 1 saturated heterocycles. The van der Waals surface area contributed by atoms with E-state index < -0.39 is 0 Å². The van der Waals surface area contributed by atoms with Gasteiger partial charge in [-0.05, 0) is 50.7 Å². The maximum absolute atomic E-state index is 13.3. The van der Waals surface area contributed by atoms with Gasteiger partial charge in [-0.3, -0.25) is 9.59 Å². The summed E-state index contributed by atoms with van der Waals surface area (Å²) in [7, 11) is 0. The summed E-state index contributed by atoms with van der Waals surface area (Å²) < 4.78 is 0.629. The highest BCUT2D eigenvalue weighted by Gasteiger charge is 2.40. The van der Waals surface area contributed by atoms with Crippen molar-refractivity contribution in [3.63, 3.8) is 0 Å². The Bertz CT molecular complexity index is 970. The van der Waals surface area contributed by atoms with Crippen LogP contribution in [0.1, 0.15) is 61.6 Å². The fourth-order valence-electron chi connectivity index (χ4n) is 5.91. The number of nitrogens with one attached hydrogen (secondary N) is 2. The van der Waals surface area contributed by atoms with E-state index in [1.165, 1.54) is 24.8 Å². The van der Waals surface area contributed by atoms with E-state index in [4.69, 9.17) is 0 Å². The number of carbonyl (C=O) groups is 2. The highest BCUT2D eigenvalue weighted by molar-refractivity contribution is 5.93. The van der Waals surface area contributed by atoms with Gasteiger partial charge in [0.2, 0.25) is 5.91 Å². The summed E-state index contributed by atoms with van der Waals surface area (Å²) in [6, 6.07) is 16.8. The van der Waals surface area contributed by atoms with Crippen molar-refractivity contribution in [3.8, 4) is 0 Å². The van der Waals surface area contributed by atoms with E-state index in [1.54, 1.807) is 0 Å². The number of piperidine rings is 1. The van der Waals surface area contributed by atoms with E-state index >= 15 is 0 Å². The number of aryl methyl sites for hydroxylation is 2. The van der Waals surface area contributed by atoms with Gasteiger partial charge in [0.1, 0.15) is 6.54 Å². The molecular weight excluding hydrogens is 502 g/mol. The summed E-state index contributed by atoms with van der Waals surface area (Å²) in [4.78, 5) is 26.6. The number of hydrogen-bond acceptors (Lipinski definition) is 2. The highest BCUT2D eigenvalue weighted by Crippen LogP contribution is 2.28. The molecule has 0 radical (unpaired) electrons. The molecule has 0 bridgehead atoms. The first-order chi connectivity index (χ1) is 16.4. The van der Waals surface area contributed by atoms with Crippen molar-refractivity contribution in [2.75, 3.05) is 25.0 Å². The Morgan fingerprint density at radius 3 is 2.26 bits per heavy atom. The van der Waals surface area contributed by atoms with Crippen LogP contribution in [0.5, 0.6) is 0 Å². The summed E-state index contributed by atoms with van der Waals surface area (Å²) in [5.74, 6) is 0.186. The van der Waals surface area contributed by atoms with Crippen LogP contribution in [-0.2, 0) is 16.1 Å². The van der Waals surface area contributed by atoms with Gasteiger partial charge in [0.15, 0.2) is 6.54 Å². The van der Waals surface area contributed by atoms with Crippen LogP contribution in [0, 0.1) is 19.8 Å². The Kier molecular flexibility index (Phi) is 9.93. The molecule has 190 valence electrons. The smallest absolute Gasteiger partial charge is 0.279 e. The second-order valence-corrected chi connectivity index (χ2v) is 10.5. The van der Waals surface area contributed by atoms with E-state index in [0.29, 0.717) is 23.6 Å². The normalized spacial score (nSPS) is 22.6. The maximum atomic E-state index is 13.3. The standard InChI is InChI=1S/C29H39N3O2.BrH/c1-22-11-9-12-23(2)28(22)31-27(33)21-32(19-24-13-5-3-6-14-24)18-10-15-25(20-32)29(34)30-26-16-7-4-8-17-26;/h3,5-6,9,11-14,25-26H,4,7-8,10,15-21H2,1-2H3,(H-,30,31,33,34);1H. The number of carbonyl (C=O) groups excluding carboxylic acids is 2. The second-order valence-electron chi connectivity index (χ2n) is 10.5. The molecule has 1 aliphatic heterocycles. The van der Waals surface area contributed by atoms with Crippen molar-refractivity contribution in [3.05, 3.63) is 65.2 Å². The van der Waals surface area contributed by atoms with Gasteiger partial charge in [-0.15, -0.1) is 0 Å². The van der Waals surface area contributed by atoms with Crippen LogP contribution in [0.15, 0.2) is 48.5 Å². The van der Waals surface area contributed by atoms with Crippen LogP contribution in [0.3, 0.4) is 0 Å². The number of rotatable bonds is 7. The Balaban J connectivity index is 0.00000342. The molecule has 2 amide bonds. The number of nitrogens with zero attached hydrogens (tertiary/aromatic N) is 1. The fourth-order valence-corrected chi connectivity index (χ4v) is 5.91. The number of quaternary nitrogens is 1. The second kappa shape index (κ2) is 12.7. The lowest BCUT2D eigenvalue weighted by Gasteiger charge is -2.44. The highest BCUT2D eigenvalue weighted by atomic mass is 79.9. The Morgan fingerprint density at radius 1 is 0.886 bits per heavy atom. The van der Waals surface area contributed by atoms with Crippen molar-refractivity contribution in [1.29, 1.82) is 0 Å². The molecule has 35 heavy (non-hydrogen) atoms. The molecule has 2 atom stereocenters. The van der Waals surface area contributed by atoms with E-state index in [1.807, 2.05) is 38.1 Å². The average molecular weight is 543 g/mol. The zero-order valence-corrected chi connectivity index (χ0v) is 22.8. The summed E-state index contributed by atoms with van der Waals surface area (Å²) >= 11 is 0. The summed E-state index contributed by atoms with van der Waals surface area (Å²) in [6.07, 6.45) is 7.77. The summed E-state index contributed by atoms with van der Waals surface area (Å²) in [5.41, 5.74) is 4.28. The van der Waals surface area contributed by atoms with Crippen LogP contribution in [0.2, 0.25) is 0 Å². The van der Waals surface area contributed by atoms with Gasteiger partial charge in [-0.25, -0.2) is 0 Å². The third-order valence-corrected chi connectivity index (χ3v) is 7.70. The third-order valence-electron chi connectivity index (χ3n) is 7.70. The van der Waals surface area contributed by atoms with E-state index in [-0.39, 0.29) is 34.7 Å².